The van der Waals surface area contributed by atoms with E-state index >= 15 is 0 Å². The zero-order valence-corrected chi connectivity index (χ0v) is 17.5. The summed E-state index contributed by atoms with van der Waals surface area (Å²) in [7, 11) is 0. The van der Waals surface area contributed by atoms with Gasteiger partial charge in [0.25, 0.3) is 0 Å². The lowest BCUT2D eigenvalue weighted by Crippen LogP contribution is -2.50. The summed E-state index contributed by atoms with van der Waals surface area (Å²) in [4.78, 5) is 3.83. The van der Waals surface area contributed by atoms with E-state index in [1.54, 1.807) is 0 Å². The van der Waals surface area contributed by atoms with Gasteiger partial charge in [-0.2, -0.15) is 13.2 Å². The number of hydrogen-bond donors (Lipinski definition) is 1. The van der Waals surface area contributed by atoms with E-state index in [-0.39, 0.29) is 0 Å². The van der Waals surface area contributed by atoms with E-state index in [1.165, 1.54) is 33.0 Å². The number of alkyl halides is 3. The maximum Gasteiger partial charge on any atom is 0.401 e. The summed E-state index contributed by atoms with van der Waals surface area (Å²) in [6.07, 6.45) is -1.06. The molecule has 6 heteroatoms. The van der Waals surface area contributed by atoms with E-state index in [4.69, 9.17) is 0 Å². The van der Waals surface area contributed by atoms with Gasteiger partial charge in [0.2, 0.25) is 0 Å². The first-order chi connectivity index (χ1) is 14.4. The number of piperazine rings is 1. The monoisotopic (exact) mass is 417 g/mol. The van der Waals surface area contributed by atoms with Crippen molar-refractivity contribution in [2.75, 3.05) is 44.6 Å². The Hall–Kier alpha value is -2.05. The van der Waals surface area contributed by atoms with Gasteiger partial charge in [-0.05, 0) is 54.0 Å². The minimum absolute atomic E-state index is 0.455. The van der Waals surface area contributed by atoms with Gasteiger partial charge in [0.05, 0.1) is 6.54 Å². The molecule has 0 amide bonds. The van der Waals surface area contributed by atoms with Crippen molar-refractivity contribution in [3.8, 4) is 0 Å². The highest BCUT2D eigenvalue weighted by Crippen LogP contribution is 2.32. The SMILES string of the molecule is CC(Cc1cccc2c1CCc1ccccc1N2)CN1CCN(CC(F)(F)F)CC1. The lowest BCUT2D eigenvalue weighted by atomic mass is 9.92. The largest absolute Gasteiger partial charge is 0.401 e. The number of benzene rings is 2. The van der Waals surface area contributed by atoms with Gasteiger partial charge >= 0.3 is 6.18 Å². The number of rotatable bonds is 5. The molecule has 1 saturated heterocycles. The Balaban J connectivity index is 1.35. The van der Waals surface area contributed by atoms with Crippen LogP contribution in [0.3, 0.4) is 0 Å². The molecular weight excluding hydrogens is 387 g/mol. The quantitative estimate of drug-likeness (QED) is 0.748. The molecular formula is C24H30F3N3. The van der Waals surface area contributed by atoms with Crippen LogP contribution >= 0.6 is 0 Å². The molecule has 30 heavy (non-hydrogen) atoms. The van der Waals surface area contributed by atoms with Crippen LogP contribution in [0.15, 0.2) is 42.5 Å². The molecule has 0 saturated carbocycles. The van der Waals surface area contributed by atoms with Crippen LogP contribution < -0.4 is 5.32 Å². The van der Waals surface area contributed by atoms with Crippen LogP contribution in [-0.2, 0) is 19.3 Å². The highest BCUT2D eigenvalue weighted by molar-refractivity contribution is 5.69. The number of anilines is 2. The molecule has 2 aromatic carbocycles. The van der Waals surface area contributed by atoms with Crippen molar-refractivity contribution >= 4 is 11.4 Å². The van der Waals surface area contributed by atoms with Gasteiger partial charge in [0, 0.05) is 44.1 Å². The second kappa shape index (κ2) is 8.98. The summed E-state index contributed by atoms with van der Waals surface area (Å²) in [5.41, 5.74) is 6.53. The number of aryl methyl sites for hydroxylation is 1. The summed E-state index contributed by atoms with van der Waals surface area (Å²) < 4.78 is 37.7. The maximum atomic E-state index is 12.6. The number of halogens is 3. The Labute approximate surface area is 176 Å². The summed E-state index contributed by atoms with van der Waals surface area (Å²) in [6.45, 7) is 4.80. The molecule has 2 heterocycles. The predicted molar refractivity (Wildman–Crippen MR) is 115 cm³/mol. The van der Waals surface area contributed by atoms with Gasteiger partial charge in [-0.25, -0.2) is 0 Å². The molecule has 0 spiro atoms. The molecule has 0 aromatic heterocycles. The molecule has 1 atom stereocenters. The van der Waals surface area contributed by atoms with Crippen LogP contribution in [-0.4, -0.2) is 55.2 Å². The van der Waals surface area contributed by atoms with E-state index in [0.717, 1.165) is 25.8 Å². The zero-order chi connectivity index (χ0) is 21.1. The molecule has 0 aliphatic carbocycles. The number of fused-ring (bicyclic) bond motifs is 2. The van der Waals surface area contributed by atoms with Crippen molar-refractivity contribution in [1.29, 1.82) is 0 Å². The van der Waals surface area contributed by atoms with Gasteiger partial charge in [-0.3, -0.25) is 4.90 Å². The first-order valence-electron chi connectivity index (χ1n) is 10.8. The number of hydrogen-bond acceptors (Lipinski definition) is 3. The fraction of sp³-hybridized carbons (Fsp3) is 0.500. The highest BCUT2D eigenvalue weighted by atomic mass is 19.4. The lowest BCUT2D eigenvalue weighted by Gasteiger charge is -2.36. The number of nitrogens with one attached hydrogen (secondary N) is 1. The minimum atomic E-state index is -4.10. The molecule has 2 aromatic rings. The normalized spacial score (nSPS) is 18.8. The Bertz CT molecular complexity index is 857. The molecule has 0 bridgehead atoms. The fourth-order valence-corrected chi connectivity index (χ4v) is 4.77. The molecule has 162 valence electrons. The van der Waals surface area contributed by atoms with Crippen LogP contribution in [0.25, 0.3) is 0 Å². The molecule has 0 radical (unpaired) electrons. The third kappa shape index (κ3) is 5.35. The Morgan fingerprint density at radius 3 is 2.37 bits per heavy atom. The van der Waals surface area contributed by atoms with E-state index in [2.05, 4.69) is 59.6 Å². The number of nitrogens with zero attached hydrogens (tertiary/aromatic N) is 2. The van der Waals surface area contributed by atoms with Crippen molar-refractivity contribution in [2.24, 2.45) is 5.92 Å². The average Bonchev–Trinajstić information content (AvgIpc) is 2.88. The first-order valence-corrected chi connectivity index (χ1v) is 10.8. The topological polar surface area (TPSA) is 18.5 Å². The van der Waals surface area contributed by atoms with E-state index in [0.29, 0.717) is 32.1 Å². The van der Waals surface area contributed by atoms with Crippen molar-refractivity contribution in [3.05, 3.63) is 59.2 Å². The van der Waals surface area contributed by atoms with Crippen molar-refractivity contribution < 1.29 is 13.2 Å². The third-order valence-corrected chi connectivity index (χ3v) is 6.21. The molecule has 3 nitrogen and oxygen atoms in total. The smallest absolute Gasteiger partial charge is 0.355 e. The van der Waals surface area contributed by atoms with Crippen molar-refractivity contribution in [1.82, 2.24) is 9.80 Å². The summed E-state index contributed by atoms with van der Waals surface area (Å²) >= 11 is 0. The maximum absolute atomic E-state index is 12.6. The average molecular weight is 418 g/mol. The van der Waals surface area contributed by atoms with Gasteiger partial charge in [0.1, 0.15) is 0 Å². The summed E-state index contributed by atoms with van der Waals surface area (Å²) in [6, 6.07) is 15.0. The molecule has 1 unspecified atom stereocenters. The Morgan fingerprint density at radius 2 is 1.60 bits per heavy atom. The molecule has 1 N–H and O–H groups in total. The van der Waals surface area contributed by atoms with Crippen LogP contribution in [0.1, 0.15) is 23.6 Å². The van der Waals surface area contributed by atoms with Crippen molar-refractivity contribution in [3.63, 3.8) is 0 Å². The van der Waals surface area contributed by atoms with Crippen LogP contribution in [0, 0.1) is 5.92 Å². The summed E-state index contributed by atoms with van der Waals surface area (Å²) in [5, 5.41) is 3.61. The lowest BCUT2D eigenvalue weighted by molar-refractivity contribution is -0.149. The second-order valence-electron chi connectivity index (χ2n) is 8.73. The van der Waals surface area contributed by atoms with Gasteiger partial charge in [-0.1, -0.05) is 37.3 Å². The molecule has 1 fully saturated rings. The second-order valence-corrected chi connectivity index (χ2v) is 8.73. The van der Waals surface area contributed by atoms with E-state index in [9.17, 15) is 13.2 Å². The van der Waals surface area contributed by atoms with Crippen LogP contribution in [0.4, 0.5) is 24.5 Å². The first kappa shape index (κ1) is 21.2. The Morgan fingerprint density at radius 1 is 0.900 bits per heavy atom. The standard InChI is InChI=1S/C24H30F3N3/c1-18(16-29-11-13-30(14-12-29)17-24(25,26)27)15-20-6-4-8-23-21(20)10-9-19-5-2-3-7-22(19)28-23/h2-8,18,28H,9-17H2,1H3. The molecule has 2 aliphatic heterocycles. The fourth-order valence-electron chi connectivity index (χ4n) is 4.77. The number of para-hydroxylation sites is 1. The predicted octanol–water partition coefficient (Wildman–Crippen LogP) is 4.89. The molecule has 4 rings (SSSR count). The van der Waals surface area contributed by atoms with E-state index in [1.807, 2.05) is 0 Å². The summed E-state index contributed by atoms with van der Waals surface area (Å²) in [5.74, 6) is 0.455. The van der Waals surface area contributed by atoms with Gasteiger partial charge < -0.3 is 10.2 Å². The molecule has 2 aliphatic rings. The highest BCUT2D eigenvalue weighted by Gasteiger charge is 2.32. The zero-order valence-electron chi connectivity index (χ0n) is 17.5. The van der Waals surface area contributed by atoms with Crippen LogP contribution in [0.2, 0.25) is 0 Å². The Kier molecular flexibility index (Phi) is 6.34. The minimum Gasteiger partial charge on any atom is -0.355 e. The van der Waals surface area contributed by atoms with Gasteiger partial charge in [0.15, 0.2) is 0 Å². The van der Waals surface area contributed by atoms with Crippen molar-refractivity contribution in [2.45, 2.75) is 32.4 Å². The third-order valence-electron chi connectivity index (χ3n) is 6.21. The van der Waals surface area contributed by atoms with E-state index < -0.39 is 12.7 Å². The van der Waals surface area contributed by atoms with Crippen LogP contribution in [0.5, 0.6) is 0 Å². The van der Waals surface area contributed by atoms with Gasteiger partial charge in [-0.15, -0.1) is 0 Å².